The normalized spacial score (nSPS) is 16.2. The second kappa shape index (κ2) is 8.31. The summed E-state index contributed by atoms with van der Waals surface area (Å²) in [5.74, 6) is 0. The molecule has 1 aliphatic heterocycles. The zero-order chi connectivity index (χ0) is 21.0. The lowest BCUT2D eigenvalue weighted by Crippen LogP contribution is -2.40. The number of benzene rings is 1. The standard InChI is InChI=1S/C22H24N4O3/c1-22(2,3)29-21(28)25-18-7-8-26(13-18)20-17(14-27)11-24-12-19(20)16-6-4-5-15(9-16)10-23/h4-6,9,11-12,14,18H,7-8,13H2,1-3H3,(H,25,28)/t18-/m0/s1. The van der Waals surface area contributed by atoms with Gasteiger partial charge in [-0.2, -0.15) is 5.26 Å². The highest BCUT2D eigenvalue weighted by atomic mass is 16.6. The molecule has 7 nitrogen and oxygen atoms in total. The van der Waals surface area contributed by atoms with E-state index in [1.54, 1.807) is 18.3 Å². The van der Waals surface area contributed by atoms with E-state index in [-0.39, 0.29) is 6.04 Å². The van der Waals surface area contributed by atoms with Gasteiger partial charge >= 0.3 is 6.09 Å². The second-order valence-electron chi connectivity index (χ2n) is 8.01. The maximum atomic E-state index is 12.1. The molecule has 1 amide bonds. The van der Waals surface area contributed by atoms with Gasteiger partial charge in [0.1, 0.15) is 5.60 Å². The first-order chi connectivity index (χ1) is 13.8. The Morgan fingerprint density at radius 1 is 1.38 bits per heavy atom. The molecule has 1 aliphatic rings. The molecule has 29 heavy (non-hydrogen) atoms. The Labute approximate surface area is 170 Å². The molecule has 0 aliphatic carbocycles. The van der Waals surface area contributed by atoms with E-state index in [9.17, 15) is 14.9 Å². The summed E-state index contributed by atoms with van der Waals surface area (Å²) in [6, 6.07) is 9.26. The molecule has 0 radical (unpaired) electrons. The summed E-state index contributed by atoms with van der Waals surface area (Å²) in [6.07, 6.45) is 4.31. The molecule has 1 atom stereocenters. The van der Waals surface area contributed by atoms with Crippen LogP contribution in [0.2, 0.25) is 0 Å². The number of nitrogens with one attached hydrogen (secondary N) is 1. The van der Waals surface area contributed by atoms with Crippen molar-refractivity contribution in [3.63, 3.8) is 0 Å². The van der Waals surface area contributed by atoms with Crippen LogP contribution in [0.1, 0.15) is 43.1 Å². The number of amides is 1. The molecule has 1 fully saturated rings. The van der Waals surface area contributed by atoms with E-state index >= 15 is 0 Å². The van der Waals surface area contributed by atoms with Crippen LogP contribution >= 0.6 is 0 Å². The lowest BCUT2D eigenvalue weighted by atomic mass is 10.0. The fraction of sp³-hybridized carbons (Fsp3) is 0.364. The van der Waals surface area contributed by atoms with E-state index in [4.69, 9.17) is 4.74 Å². The van der Waals surface area contributed by atoms with Gasteiger partial charge in [0.25, 0.3) is 0 Å². The summed E-state index contributed by atoms with van der Waals surface area (Å²) in [6.45, 7) is 6.69. The Hall–Kier alpha value is -3.40. The van der Waals surface area contributed by atoms with Crippen LogP contribution in [0, 0.1) is 11.3 Å². The van der Waals surface area contributed by atoms with Gasteiger partial charge in [-0.05, 0) is 44.9 Å². The molecule has 2 aromatic rings. The van der Waals surface area contributed by atoms with Crippen LogP contribution in [0.15, 0.2) is 36.7 Å². The third kappa shape index (κ3) is 4.91. The van der Waals surface area contributed by atoms with Gasteiger partial charge in [-0.15, -0.1) is 0 Å². The molecule has 1 N–H and O–H groups in total. The van der Waals surface area contributed by atoms with Gasteiger partial charge < -0.3 is 15.0 Å². The number of hydrogen-bond donors (Lipinski definition) is 1. The first-order valence-corrected chi connectivity index (χ1v) is 9.49. The number of hydrogen-bond acceptors (Lipinski definition) is 6. The van der Waals surface area contributed by atoms with E-state index in [1.807, 2.05) is 32.9 Å². The van der Waals surface area contributed by atoms with E-state index in [1.165, 1.54) is 6.20 Å². The minimum absolute atomic E-state index is 0.0872. The van der Waals surface area contributed by atoms with E-state index in [0.29, 0.717) is 24.2 Å². The molecule has 3 rings (SSSR count). The van der Waals surface area contributed by atoms with Crippen molar-refractivity contribution in [1.29, 1.82) is 5.26 Å². The molecular weight excluding hydrogens is 368 g/mol. The predicted octanol–water partition coefficient (Wildman–Crippen LogP) is 3.54. The van der Waals surface area contributed by atoms with Crippen LogP contribution < -0.4 is 10.2 Å². The fourth-order valence-electron chi connectivity index (χ4n) is 3.43. The Kier molecular flexibility index (Phi) is 5.83. The first kappa shape index (κ1) is 20.3. The fourth-order valence-corrected chi connectivity index (χ4v) is 3.43. The Bertz CT molecular complexity index is 959. The van der Waals surface area contributed by atoms with E-state index < -0.39 is 11.7 Å². The number of carbonyl (C=O) groups is 2. The van der Waals surface area contributed by atoms with Gasteiger partial charge in [0.15, 0.2) is 6.29 Å². The van der Waals surface area contributed by atoms with Crippen molar-refractivity contribution in [2.24, 2.45) is 0 Å². The summed E-state index contributed by atoms with van der Waals surface area (Å²) < 4.78 is 5.34. The van der Waals surface area contributed by atoms with Crippen molar-refractivity contribution in [3.8, 4) is 17.2 Å². The molecule has 1 aromatic carbocycles. The highest BCUT2D eigenvalue weighted by Crippen LogP contribution is 2.35. The van der Waals surface area contributed by atoms with Gasteiger partial charge in [-0.25, -0.2) is 4.79 Å². The minimum atomic E-state index is -0.558. The number of alkyl carbamates (subject to hydrolysis) is 1. The number of carbonyl (C=O) groups excluding carboxylic acids is 2. The maximum Gasteiger partial charge on any atom is 0.407 e. The number of rotatable bonds is 4. The highest BCUT2D eigenvalue weighted by molar-refractivity contribution is 5.92. The zero-order valence-electron chi connectivity index (χ0n) is 16.8. The monoisotopic (exact) mass is 392 g/mol. The quantitative estimate of drug-likeness (QED) is 0.800. The molecule has 1 aromatic heterocycles. The van der Waals surface area contributed by atoms with Crippen molar-refractivity contribution in [3.05, 3.63) is 47.8 Å². The first-order valence-electron chi connectivity index (χ1n) is 9.49. The summed E-state index contributed by atoms with van der Waals surface area (Å²) in [7, 11) is 0. The molecule has 0 bridgehead atoms. The number of nitrogens with zero attached hydrogens (tertiary/aromatic N) is 3. The minimum Gasteiger partial charge on any atom is -0.444 e. The molecular formula is C22H24N4O3. The van der Waals surface area contributed by atoms with Crippen LogP contribution in [0.5, 0.6) is 0 Å². The summed E-state index contributed by atoms with van der Waals surface area (Å²) in [5, 5.41) is 12.1. The molecule has 150 valence electrons. The van der Waals surface area contributed by atoms with Crippen molar-refractivity contribution in [2.45, 2.75) is 38.8 Å². The Morgan fingerprint density at radius 2 is 2.17 bits per heavy atom. The Balaban J connectivity index is 1.86. The highest BCUT2D eigenvalue weighted by Gasteiger charge is 2.29. The maximum absolute atomic E-state index is 12.1. The lowest BCUT2D eigenvalue weighted by Gasteiger charge is -2.24. The zero-order valence-corrected chi connectivity index (χ0v) is 16.8. The average molecular weight is 392 g/mol. The van der Waals surface area contributed by atoms with Crippen LogP contribution in [-0.2, 0) is 4.74 Å². The smallest absolute Gasteiger partial charge is 0.407 e. The van der Waals surface area contributed by atoms with Crippen LogP contribution in [0.3, 0.4) is 0 Å². The van der Waals surface area contributed by atoms with Crippen molar-refractivity contribution >= 4 is 18.1 Å². The summed E-state index contributed by atoms with van der Waals surface area (Å²) in [5.41, 5.74) is 2.82. The van der Waals surface area contributed by atoms with Gasteiger partial charge in [0.2, 0.25) is 0 Å². The second-order valence-corrected chi connectivity index (χ2v) is 8.01. The number of aldehydes is 1. The Morgan fingerprint density at radius 3 is 2.86 bits per heavy atom. The van der Waals surface area contributed by atoms with Gasteiger partial charge in [-0.3, -0.25) is 9.78 Å². The SMILES string of the molecule is CC(C)(C)OC(=O)N[C@H]1CCN(c2c(C=O)cncc2-c2cccc(C#N)c2)C1. The van der Waals surface area contributed by atoms with Gasteiger partial charge in [-0.1, -0.05) is 12.1 Å². The number of nitriles is 1. The average Bonchev–Trinajstić information content (AvgIpc) is 3.13. The van der Waals surface area contributed by atoms with Gasteiger partial charge in [0, 0.05) is 31.0 Å². The molecule has 2 heterocycles. The third-order valence-corrected chi connectivity index (χ3v) is 4.60. The van der Waals surface area contributed by atoms with Crippen molar-refractivity contribution < 1.29 is 14.3 Å². The summed E-state index contributed by atoms with van der Waals surface area (Å²) >= 11 is 0. The van der Waals surface area contributed by atoms with E-state index in [0.717, 1.165) is 29.5 Å². The number of anilines is 1. The molecule has 1 saturated heterocycles. The van der Waals surface area contributed by atoms with E-state index in [2.05, 4.69) is 21.3 Å². The largest absolute Gasteiger partial charge is 0.444 e. The van der Waals surface area contributed by atoms with Crippen LogP contribution in [-0.4, -0.2) is 42.1 Å². The summed E-state index contributed by atoms with van der Waals surface area (Å²) in [4.78, 5) is 30.1. The third-order valence-electron chi connectivity index (χ3n) is 4.60. The predicted molar refractivity (Wildman–Crippen MR) is 110 cm³/mol. The topological polar surface area (TPSA) is 95.3 Å². The van der Waals surface area contributed by atoms with Crippen LogP contribution in [0.4, 0.5) is 10.5 Å². The molecule has 0 spiro atoms. The molecule has 0 saturated carbocycles. The lowest BCUT2D eigenvalue weighted by molar-refractivity contribution is 0.0509. The number of pyridine rings is 1. The molecule has 7 heteroatoms. The van der Waals surface area contributed by atoms with Crippen LogP contribution in [0.25, 0.3) is 11.1 Å². The number of aromatic nitrogens is 1. The van der Waals surface area contributed by atoms with Crippen molar-refractivity contribution in [2.75, 3.05) is 18.0 Å². The number of ether oxygens (including phenoxy) is 1. The molecule has 0 unspecified atom stereocenters. The van der Waals surface area contributed by atoms with Crippen molar-refractivity contribution in [1.82, 2.24) is 10.3 Å². The van der Waals surface area contributed by atoms with Gasteiger partial charge in [0.05, 0.1) is 28.9 Å².